The van der Waals surface area contributed by atoms with E-state index in [4.69, 9.17) is 16.7 Å². The first-order valence-corrected chi connectivity index (χ1v) is 11.1. The number of rotatable bonds is 8. The molecule has 0 fully saturated rings. The second-order valence-electron chi connectivity index (χ2n) is 7.05. The van der Waals surface area contributed by atoms with E-state index in [1.807, 2.05) is 24.3 Å². The van der Waals surface area contributed by atoms with E-state index in [2.05, 4.69) is 10.6 Å². The van der Waals surface area contributed by atoms with E-state index in [-0.39, 0.29) is 29.6 Å². The predicted molar refractivity (Wildman–Crippen MR) is 128 cm³/mol. The first kappa shape index (κ1) is 23.4. The molecule has 0 aromatic heterocycles. The van der Waals surface area contributed by atoms with Crippen LogP contribution >= 0.6 is 23.4 Å². The van der Waals surface area contributed by atoms with Gasteiger partial charge in [0.05, 0.1) is 17.7 Å². The van der Waals surface area contributed by atoms with Crippen molar-refractivity contribution >= 4 is 52.5 Å². The van der Waals surface area contributed by atoms with Gasteiger partial charge >= 0.3 is 5.97 Å². The van der Waals surface area contributed by atoms with Crippen LogP contribution in [0.1, 0.15) is 21.5 Å². The van der Waals surface area contributed by atoms with Crippen molar-refractivity contribution in [3.63, 3.8) is 0 Å². The third kappa shape index (κ3) is 6.87. The molecule has 32 heavy (non-hydrogen) atoms. The molecule has 0 heterocycles. The fraction of sp³-hybridized carbons (Fsp3) is 0.125. The molecule has 3 N–H and O–H groups in total. The number of carboxylic acids is 1. The first-order chi connectivity index (χ1) is 15.3. The molecule has 0 unspecified atom stereocenters. The minimum atomic E-state index is -1.05. The van der Waals surface area contributed by atoms with Crippen LogP contribution in [-0.2, 0) is 16.0 Å². The molecule has 0 bridgehead atoms. The van der Waals surface area contributed by atoms with Gasteiger partial charge in [-0.05, 0) is 66.6 Å². The number of carboxylic acid groups (broad SMARTS) is 1. The minimum absolute atomic E-state index is 0.118. The highest BCUT2D eigenvalue weighted by Gasteiger charge is 2.10. The summed E-state index contributed by atoms with van der Waals surface area (Å²) >= 11 is 7.20. The van der Waals surface area contributed by atoms with Gasteiger partial charge in [-0.1, -0.05) is 29.8 Å². The lowest BCUT2D eigenvalue weighted by molar-refractivity contribution is -0.115. The van der Waals surface area contributed by atoms with Gasteiger partial charge in [0.25, 0.3) is 0 Å². The SMILES string of the molecule is Cc1ccc(C(=O)O)cc1NC(=O)CSc1ccc(NC(=O)Cc2ccc(Cl)cc2)cc1. The molecule has 0 spiro atoms. The average molecular weight is 469 g/mol. The van der Waals surface area contributed by atoms with Gasteiger partial charge in [0.1, 0.15) is 0 Å². The second kappa shape index (κ2) is 10.8. The smallest absolute Gasteiger partial charge is 0.335 e. The van der Waals surface area contributed by atoms with E-state index in [9.17, 15) is 14.4 Å². The van der Waals surface area contributed by atoms with Crippen LogP contribution in [-0.4, -0.2) is 28.6 Å². The van der Waals surface area contributed by atoms with Crippen molar-refractivity contribution in [2.24, 2.45) is 0 Å². The molecule has 0 saturated heterocycles. The summed E-state index contributed by atoms with van der Waals surface area (Å²) in [5.74, 6) is -1.25. The van der Waals surface area contributed by atoms with Crippen molar-refractivity contribution in [3.8, 4) is 0 Å². The zero-order valence-corrected chi connectivity index (χ0v) is 18.8. The number of carbonyl (C=O) groups is 3. The molecule has 3 aromatic rings. The number of hydrogen-bond acceptors (Lipinski definition) is 4. The topological polar surface area (TPSA) is 95.5 Å². The Kier molecular flexibility index (Phi) is 7.92. The number of halogens is 1. The van der Waals surface area contributed by atoms with Crippen molar-refractivity contribution in [2.45, 2.75) is 18.2 Å². The Morgan fingerprint density at radius 2 is 1.59 bits per heavy atom. The third-order valence-electron chi connectivity index (χ3n) is 4.54. The summed E-state index contributed by atoms with van der Waals surface area (Å²) in [6.45, 7) is 1.80. The highest BCUT2D eigenvalue weighted by Crippen LogP contribution is 2.22. The Hall–Kier alpha value is -3.29. The summed E-state index contributed by atoms with van der Waals surface area (Å²) in [6, 6.07) is 18.9. The summed E-state index contributed by atoms with van der Waals surface area (Å²) in [4.78, 5) is 36.5. The van der Waals surface area contributed by atoms with Gasteiger partial charge in [0, 0.05) is 21.3 Å². The Morgan fingerprint density at radius 3 is 2.25 bits per heavy atom. The minimum Gasteiger partial charge on any atom is -0.478 e. The zero-order chi connectivity index (χ0) is 23.1. The van der Waals surface area contributed by atoms with Crippen molar-refractivity contribution in [3.05, 3.63) is 88.4 Å². The maximum absolute atomic E-state index is 12.3. The number of aryl methyl sites for hydroxylation is 1. The Bertz CT molecular complexity index is 1130. The number of hydrogen-bond donors (Lipinski definition) is 3. The van der Waals surface area contributed by atoms with Crippen LogP contribution in [0.2, 0.25) is 5.02 Å². The Labute approximate surface area is 195 Å². The standard InChI is InChI=1S/C24H21ClN2O4S/c1-15-2-5-17(24(30)31)13-21(15)27-23(29)14-32-20-10-8-19(9-11-20)26-22(28)12-16-3-6-18(25)7-4-16/h2-11,13H,12,14H2,1H3,(H,26,28)(H,27,29)(H,30,31). The van der Waals surface area contributed by atoms with Crippen molar-refractivity contribution in [2.75, 3.05) is 16.4 Å². The molecular weight excluding hydrogens is 448 g/mol. The maximum atomic E-state index is 12.3. The van der Waals surface area contributed by atoms with E-state index < -0.39 is 5.97 Å². The molecule has 0 radical (unpaired) electrons. The molecule has 8 heteroatoms. The average Bonchev–Trinajstić information content (AvgIpc) is 2.76. The lowest BCUT2D eigenvalue weighted by Crippen LogP contribution is -2.15. The van der Waals surface area contributed by atoms with E-state index in [1.54, 1.807) is 37.3 Å². The number of anilines is 2. The molecule has 0 atom stereocenters. The Balaban J connectivity index is 1.49. The number of nitrogens with one attached hydrogen (secondary N) is 2. The van der Waals surface area contributed by atoms with Crippen molar-refractivity contribution in [1.82, 2.24) is 0 Å². The fourth-order valence-corrected chi connectivity index (χ4v) is 3.68. The van der Waals surface area contributed by atoms with E-state index in [0.29, 0.717) is 16.4 Å². The van der Waals surface area contributed by atoms with Crippen LogP contribution < -0.4 is 10.6 Å². The number of carbonyl (C=O) groups excluding carboxylic acids is 2. The molecule has 164 valence electrons. The highest BCUT2D eigenvalue weighted by atomic mass is 35.5. The maximum Gasteiger partial charge on any atom is 0.335 e. The predicted octanol–water partition coefficient (Wildman–Crippen LogP) is 5.26. The molecule has 0 aliphatic carbocycles. The van der Waals surface area contributed by atoms with Crippen LogP contribution in [0.3, 0.4) is 0 Å². The summed E-state index contributed by atoms with van der Waals surface area (Å²) in [5, 5.41) is 15.3. The van der Waals surface area contributed by atoms with E-state index >= 15 is 0 Å². The Morgan fingerprint density at radius 1 is 0.906 bits per heavy atom. The lowest BCUT2D eigenvalue weighted by Gasteiger charge is -2.10. The van der Waals surface area contributed by atoms with E-state index in [0.717, 1.165) is 16.0 Å². The lowest BCUT2D eigenvalue weighted by atomic mass is 10.1. The number of thioether (sulfide) groups is 1. The molecular formula is C24H21ClN2O4S. The molecule has 6 nitrogen and oxygen atoms in total. The van der Waals surface area contributed by atoms with Gasteiger partial charge in [-0.25, -0.2) is 4.79 Å². The molecule has 0 aliphatic heterocycles. The van der Waals surface area contributed by atoms with Crippen molar-refractivity contribution in [1.29, 1.82) is 0 Å². The van der Waals surface area contributed by atoms with Gasteiger partial charge in [-0.2, -0.15) is 0 Å². The van der Waals surface area contributed by atoms with Crippen LogP contribution in [0.25, 0.3) is 0 Å². The first-order valence-electron chi connectivity index (χ1n) is 9.71. The molecule has 2 amide bonds. The quantitative estimate of drug-likeness (QED) is 0.392. The van der Waals surface area contributed by atoms with E-state index in [1.165, 1.54) is 23.9 Å². The molecule has 3 aromatic carbocycles. The van der Waals surface area contributed by atoms with Crippen LogP contribution in [0, 0.1) is 6.92 Å². The monoisotopic (exact) mass is 468 g/mol. The van der Waals surface area contributed by atoms with Crippen LogP contribution in [0.5, 0.6) is 0 Å². The van der Waals surface area contributed by atoms with Crippen molar-refractivity contribution < 1.29 is 19.5 Å². The van der Waals surface area contributed by atoms with Gasteiger partial charge < -0.3 is 15.7 Å². The number of benzene rings is 3. The molecule has 3 rings (SSSR count). The highest BCUT2D eigenvalue weighted by molar-refractivity contribution is 8.00. The summed E-state index contributed by atoms with van der Waals surface area (Å²) in [6.07, 6.45) is 0.246. The largest absolute Gasteiger partial charge is 0.478 e. The third-order valence-corrected chi connectivity index (χ3v) is 5.81. The van der Waals surface area contributed by atoms with Gasteiger partial charge in [0.15, 0.2) is 0 Å². The molecule has 0 aliphatic rings. The van der Waals surface area contributed by atoms with Gasteiger partial charge in [0.2, 0.25) is 11.8 Å². The number of aromatic carboxylic acids is 1. The van der Waals surface area contributed by atoms with Gasteiger partial charge in [-0.3, -0.25) is 9.59 Å². The zero-order valence-electron chi connectivity index (χ0n) is 17.2. The van der Waals surface area contributed by atoms with Crippen LogP contribution in [0.15, 0.2) is 71.6 Å². The van der Waals surface area contributed by atoms with Crippen LogP contribution in [0.4, 0.5) is 11.4 Å². The summed E-state index contributed by atoms with van der Waals surface area (Å²) in [7, 11) is 0. The summed E-state index contributed by atoms with van der Waals surface area (Å²) < 4.78 is 0. The number of amides is 2. The summed E-state index contributed by atoms with van der Waals surface area (Å²) in [5.41, 5.74) is 2.92. The van der Waals surface area contributed by atoms with Gasteiger partial charge in [-0.15, -0.1) is 11.8 Å². The normalized spacial score (nSPS) is 10.4. The fourth-order valence-electron chi connectivity index (χ4n) is 2.85. The second-order valence-corrected chi connectivity index (χ2v) is 8.53. The molecule has 0 saturated carbocycles.